The molecule has 0 fully saturated rings. The zero-order chi connectivity index (χ0) is 15.5. The van der Waals surface area contributed by atoms with Gasteiger partial charge in [0, 0.05) is 12.1 Å². The second-order valence-corrected chi connectivity index (χ2v) is 6.40. The number of benzene rings is 2. The first kappa shape index (κ1) is 15.3. The molecule has 0 amide bonds. The van der Waals surface area contributed by atoms with E-state index >= 15 is 0 Å². The predicted molar refractivity (Wildman–Crippen MR) is 80.8 cm³/mol. The Hall–Kier alpha value is -2.12. The smallest absolute Gasteiger partial charge is 0.271 e. The Labute approximate surface area is 126 Å². The van der Waals surface area contributed by atoms with Crippen LogP contribution in [0.15, 0.2) is 48.5 Å². The Bertz CT molecular complexity index is 763. The summed E-state index contributed by atoms with van der Waals surface area (Å²) in [4.78, 5) is 10.1. The number of halogens is 1. The van der Waals surface area contributed by atoms with E-state index in [1.54, 1.807) is 30.3 Å². The zero-order valence-corrected chi connectivity index (χ0v) is 12.3. The Morgan fingerprint density at radius 1 is 1.14 bits per heavy atom. The lowest BCUT2D eigenvalue weighted by atomic mass is 10.2. The Morgan fingerprint density at radius 3 is 2.43 bits per heavy atom. The number of anilines is 1. The van der Waals surface area contributed by atoms with E-state index in [0.29, 0.717) is 5.56 Å². The molecule has 2 aromatic carbocycles. The number of nitro groups is 1. The summed E-state index contributed by atoms with van der Waals surface area (Å²) in [7, 11) is -3.71. The minimum Gasteiger partial charge on any atom is -0.282 e. The van der Waals surface area contributed by atoms with E-state index in [2.05, 4.69) is 4.72 Å². The topological polar surface area (TPSA) is 89.3 Å². The van der Waals surface area contributed by atoms with Crippen molar-refractivity contribution in [3.63, 3.8) is 0 Å². The first-order valence-electron chi connectivity index (χ1n) is 5.86. The summed E-state index contributed by atoms with van der Waals surface area (Å²) in [6.45, 7) is 0. The number of nitrogens with zero attached hydrogens (tertiary/aromatic N) is 1. The minimum atomic E-state index is -3.71. The van der Waals surface area contributed by atoms with E-state index in [1.807, 2.05) is 0 Å². The van der Waals surface area contributed by atoms with Crippen LogP contribution in [0.4, 0.5) is 11.4 Å². The van der Waals surface area contributed by atoms with Gasteiger partial charge in [-0.1, -0.05) is 41.9 Å². The summed E-state index contributed by atoms with van der Waals surface area (Å²) in [5.74, 6) is -0.243. The predicted octanol–water partition coefficient (Wildman–Crippen LogP) is 3.19. The van der Waals surface area contributed by atoms with E-state index in [9.17, 15) is 18.5 Å². The summed E-state index contributed by atoms with van der Waals surface area (Å²) >= 11 is 5.86. The average molecular weight is 327 g/mol. The third-order valence-electron chi connectivity index (χ3n) is 2.63. The van der Waals surface area contributed by atoms with E-state index in [4.69, 9.17) is 11.6 Å². The lowest BCUT2D eigenvalue weighted by molar-refractivity contribution is -0.384. The van der Waals surface area contributed by atoms with Crippen LogP contribution >= 0.6 is 11.6 Å². The normalized spacial score (nSPS) is 11.1. The molecule has 0 aromatic heterocycles. The lowest BCUT2D eigenvalue weighted by Gasteiger charge is -2.09. The van der Waals surface area contributed by atoms with Gasteiger partial charge in [-0.2, -0.15) is 0 Å². The highest BCUT2D eigenvalue weighted by Crippen LogP contribution is 2.28. The highest BCUT2D eigenvalue weighted by atomic mass is 35.5. The van der Waals surface area contributed by atoms with Crippen LogP contribution < -0.4 is 4.72 Å². The van der Waals surface area contributed by atoms with Gasteiger partial charge in [-0.3, -0.25) is 14.8 Å². The van der Waals surface area contributed by atoms with E-state index in [0.717, 1.165) is 6.07 Å². The first-order chi connectivity index (χ1) is 9.87. The van der Waals surface area contributed by atoms with Crippen LogP contribution in [0.3, 0.4) is 0 Å². The van der Waals surface area contributed by atoms with Crippen molar-refractivity contribution in [1.29, 1.82) is 0 Å². The Balaban J connectivity index is 2.24. The van der Waals surface area contributed by atoms with E-state index in [-0.39, 0.29) is 22.2 Å². The van der Waals surface area contributed by atoms with Gasteiger partial charge in [-0.25, -0.2) is 8.42 Å². The summed E-state index contributed by atoms with van der Waals surface area (Å²) in [5.41, 5.74) is 0.352. The second kappa shape index (κ2) is 6.11. The van der Waals surface area contributed by atoms with E-state index in [1.165, 1.54) is 12.1 Å². The molecule has 0 aliphatic carbocycles. The molecular formula is C13H11ClN2O4S. The molecule has 2 rings (SSSR count). The maximum Gasteiger partial charge on any atom is 0.271 e. The molecule has 0 bridgehead atoms. The molecule has 0 saturated heterocycles. The molecule has 0 atom stereocenters. The molecule has 0 heterocycles. The lowest BCUT2D eigenvalue weighted by Crippen LogP contribution is -2.15. The monoisotopic (exact) mass is 326 g/mol. The van der Waals surface area contributed by atoms with Gasteiger partial charge in [0.15, 0.2) is 0 Å². The van der Waals surface area contributed by atoms with Crippen molar-refractivity contribution in [2.24, 2.45) is 0 Å². The van der Waals surface area contributed by atoms with Crippen molar-refractivity contribution < 1.29 is 13.3 Å². The molecule has 0 aliphatic rings. The molecule has 0 spiro atoms. The maximum atomic E-state index is 12.1. The quantitative estimate of drug-likeness (QED) is 0.675. The largest absolute Gasteiger partial charge is 0.282 e. The van der Waals surface area contributed by atoms with Gasteiger partial charge in [0.25, 0.3) is 5.69 Å². The van der Waals surface area contributed by atoms with E-state index < -0.39 is 14.9 Å². The van der Waals surface area contributed by atoms with Crippen LogP contribution in [0, 0.1) is 10.1 Å². The number of sulfonamides is 1. The molecular weight excluding hydrogens is 316 g/mol. The zero-order valence-electron chi connectivity index (χ0n) is 10.7. The highest BCUT2D eigenvalue weighted by molar-refractivity contribution is 7.91. The third kappa shape index (κ3) is 4.17. The van der Waals surface area contributed by atoms with Crippen molar-refractivity contribution in [3.05, 3.63) is 69.2 Å². The molecule has 8 heteroatoms. The average Bonchev–Trinajstić information content (AvgIpc) is 2.41. The summed E-state index contributed by atoms with van der Waals surface area (Å²) in [5, 5.41) is 10.8. The molecule has 0 saturated carbocycles. The number of nitro benzene ring substituents is 1. The van der Waals surface area contributed by atoms with Gasteiger partial charge in [0.1, 0.15) is 0 Å². The van der Waals surface area contributed by atoms with Gasteiger partial charge in [-0.15, -0.1) is 0 Å². The van der Waals surface area contributed by atoms with Gasteiger partial charge in [0.05, 0.1) is 21.4 Å². The molecule has 110 valence electrons. The first-order valence-corrected chi connectivity index (χ1v) is 7.89. The van der Waals surface area contributed by atoms with Gasteiger partial charge in [0.2, 0.25) is 10.0 Å². The van der Waals surface area contributed by atoms with Crippen LogP contribution in [0.2, 0.25) is 5.02 Å². The molecule has 0 unspecified atom stereocenters. The summed E-state index contributed by atoms with van der Waals surface area (Å²) in [6.07, 6.45) is 0. The van der Waals surface area contributed by atoms with Crippen molar-refractivity contribution in [2.45, 2.75) is 5.75 Å². The van der Waals surface area contributed by atoms with Gasteiger partial charge < -0.3 is 0 Å². The Kier molecular flexibility index (Phi) is 4.44. The number of nitrogens with one attached hydrogen (secondary N) is 1. The number of hydrogen-bond donors (Lipinski definition) is 1. The van der Waals surface area contributed by atoms with Crippen molar-refractivity contribution in [3.8, 4) is 0 Å². The fourth-order valence-corrected chi connectivity index (χ4v) is 3.13. The second-order valence-electron chi connectivity index (χ2n) is 4.27. The molecule has 1 N–H and O–H groups in total. The number of hydrogen-bond acceptors (Lipinski definition) is 4. The fraction of sp³-hybridized carbons (Fsp3) is 0.0769. The molecule has 6 nitrogen and oxygen atoms in total. The number of rotatable bonds is 5. The van der Waals surface area contributed by atoms with Crippen LogP contribution in [-0.4, -0.2) is 13.3 Å². The number of non-ortho nitro benzene ring substituents is 1. The van der Waals surface area contributed by atoms with Crippen LogP contribution in [-0.2, 0) is 15.8 Å². The molecule has 21 heavy (non-hydrogen) atoms. The SMILES string of the molecule is O=[N+]([O-])c1ccc(Cl)c(NS(=O)(=O)Cc2ccccc2)c1. The van der Waals surface area contributed by atoms with Gasteiger partial charge >= 0.3 is 0 Å². The summed E-state index contributed by atoms with van der Waals surface area (Å²) in [6, 6.07) is 12.2. The van der Waals surface area contributed by atoms with Crippen molar-refractivity contribution in [1.82, 2.24) is 0 Å². The fourth-order valence-electron chi connectivity index (χ4n) is 1.70. The van der Waals surface area contributed by atoms with Crippen LogP contribution in [0.25, 0.3) is 0 Å². The third-order valence-corrected chi connectivity index (χ3v) is 4.20. The maximum absolute atomic E-state index is 12.1. The summed E-state index contributed by atoms with van der Waals surface area (Å²) < 4.78 is 26.4. The van der Waals surface area contributed by atoms with Crippen LogP contribution in [0.5, 0.6) is 0 Å². The highest BCUT2D eigenvalue weighted by Gasteiger charge is 2.16. The van der Waals surface area contributed by atoms with Crippen molar-refractivity contribution in [2.75, 3.05) is 4.72 Å². The molecule has 2 aromatic rings. The molecule has 0 radical (unpaired) electrons. The van der Waals surface area contributed by atoms with Crippen LogP contribution in [0.1, 0.15) is 5.56 Å². The Morgan fingerprint density at radius 2 is 1.81 bits per heavy atom. The standard InChI is InChI=1S/C13H11ClN2O4S/c14-12-7-6-11(16(17)18)8-13(12)15-21(19,20)9-10-4-2-1-3-5-10/h1-8,15H,9H2. The van der Waals surface area contributed by atoms with Crippen molar-refractivity contribution >= 4 is 33.0 Å². The van der Waals surface area contributed by atoms with Gasteiger partial charge in [-0.05, 0) is 11.6 Å². The molecule has 0 aliphatic heterocycles. The minimum absolute atomic E-state index is 0.0122.